The molecule has 1 aliphatic rings. The highest BCUT2D eigenvalue weighted by Gasteiger charge is 2.44. The average molecular weight is 294 g/mol. The van der Waals surface area contributed by atoms with E-state index in [1.165, 1.54) is 0 Å². The third-order valence-corrected chi connectivity index (χ3v) is 3.84. The highest BCUT2D eigenvalue weighted by Crippen LogP contribution is 2.39. The smallest absolute Gasteiger partial charge is 0.139 e. The van der Waals surface area contributed by atoms with Crippen LogP contribution in [0, 0.1) is 0 Å². The lowest BCUT2D eigenvalue weighted by Gasteiger charge is -2.13. The van der Waals surface area contributed by atoms with Crippen LogP contribution in [0.25, 0.3) is 0 Å². The van der Waals surface area contributed by atoms with Gasteiger partial charge in [-0.15, -0.1) is 6.58 Å². The van der Waals surface area contributed by atoms with Gasteiger partial charge in [-0.05, 0) is 18.6 Å². The van der Waals surface area contributed by atoms with Gasteiger partial charge in [0.15, 0.2) is 0 Å². The standard InChI is InChI=1S/C12H11Cl3O2/c1-2-5-12(7-17-12)6-16-9-4-3-8(13)10(14)11(9)15/h2-4H,1,5-7H2. The summed E-state index contributed by atoms with van der Waals surface area (Å²) in [5.41, 5.74) is -0.239. The molecule has 1 atom stereocenters. The van der Waals surface area contributed by atoms with E-state index in [9.17, 15) is 0 Å². The molecule has 1 aromatic rings. The quantitative estimate of drug-likeness (QED) is 0.457. The first-order chi connectivity index (χ1) is 8.08. The van der Waals surface area contributed by atoms with Gasteiger partial charge in [-0.2, -0.15) is 0 Å². The van der Waals surface area contributed by atoms with E-state index < -0.39 is 0 Å². The number of epoxide rings is 1. The molecular formula is C12H11Cl3O2. The molecule has 5 heteroatoms. The summed E-state index contributed by atoms with van der Waals surface area (Å²) in [5.74, 6) is 0.514. The Hall–Kier alpha value is -0.410. The molecule has 2 nitrogen and oxygen atoms in total. The molecule has 1 aromatic carbocycles. The summed E-state index contributed by atoms with van der Waals surface area (Å²) in [6, 6.07) is 3.35. The monoisotopic (exact) mass is 292 g/mol. The van der Waals surface area contributed by atoms with Crippen LogP contribution < -0.4 is 4.74 Å². The minimum absolute atomic E-state index is 0.239. The largest absolute Gasteiger partial charge is 0.489 e. The summed E-state index contributed by atoms with van der Waals surface area (Å²) >= 11 is 17.8. The summed E-state index contributed by atoms with van der Waals surface area (Å²) < 4.78 is 11.0. The molecule has 1 aliphatic heterocycles. The van der Waals surface area contributed by atoms with Gasteiger partial charge in [0.2, 0.25) is 0 Å². The predicted octanol–water partition coefficient (Wildman–Crippen LogP) is 4.37. The number of hydrogen-bond acceptors (Lipinski definition) is 2. The van der Waals surface area contributed by atoms with Crippen LogP contribution in [0.15, 0.2) is 24.8 Å². The van der Waals surface area contributed by atoms with Crippen molar-refractivity contribution in [3.8, 4) is 5.75 Å². The van der Waals surface area contributed by atoms with Crippen LogP contribution in [0.1, 0.15) is 6.42 Å². The number of ether oxygens (including phenoxy) is 2. The Balaban J connectivity index is 2.05. The molecule has 0 aromatic heterocycles. The molecule has 0 aliphatic carbocycles. The van der Waals surface area contributed by atoms with E-state index in [0.717, 1.165) is 6.42 Å². The van der Waals surface area contributed by atoms with E-state index in [-0.39, 0.29) is 5.60 Å². The predicted molar refractivity (Wildman–Crippen MR) is 70.5 cm³/mol. The summed E-state index contributed by atoms with van der Waals surface area (Å²) in [5, 5.41) is 1.04. The molecule has 92 valence electrons. The molecule has 0 bridgehead atoms. The molecule has 0 spiro atoms. The van der Waals surface area contributed by atoms with Crippen molar-refractivity contribution in [1.82, 2.24) is 0 Å². The Labute approximate surface area is 115 Å². The third kappa shape index (κ3) is 2.89. The topological polar surface area (TPSA) is 21.8 Å². The number of halogens is 3. The van der Waals surface area contributed by atoms with Gasteiger partial charge in [0.25, 0.3) is 0 Å². The molecular weight excluding hydrogens is 282 g/mol. The lowest BCUT2D eigenvalue weighted by Crippen LogP contribution is -2.20. The second kappa shape index (κ2) is 5.07. The Kier molecular flexibility index (Phi) is 3.88. The highest BCUT2D eigenvalue weighted by molar-refractivity contribution is 6.48. The average Bonchev–Trinajstić information content (AvgIpc) is 3.06. The molecule has 1 fully saturated rings. The molecule has 2 rings (SSSR count). The second-order valence-corrected chi connectivity index (χ2v) is 5.09. The normalized spacial score (nSPS) is 22.3. The molecule has 1 heterocycles. The van der Waals surface area contributed by atoms with Gasteiger partial charge in [-0.3, -0.25) is 0 Å². The highest BCUT2D eigenvalue weighted by atomic mass is 35.5. The zero-order valence-corrected chi connectivity index (χ0v) is 11.3. The van der Waals surface area contributed by atoms with Crippen LogP contribution in [0.2, 0.25) is 15.1 Å². The molecule has 1 unspecified atom stereocenters. The molecule has 0 amide bonds. The lowest BCUT2D eigenvalue weighted by atomic mass is 10.1. The van der Waals surface area contributed by atoms with E-state index in [1.807, 2.05) is 6.08 Å². The van der Waals surface area contributed by atoms with Crippen LogP contribution in [-0.2, 0) is 4.74 Å². The Morgan fingerprint density at radius 3 is 2.65 bits per heavy atom. The fourth-order valence-electron chi connectivity index (χ4n) is 1.45. The lowest BCUT2D eigenvalue weighted by molar-refractivity contribution is 0.190. The zero-order chi connectivity index (χ0) is 12.5. The van der Waals surface area contributed by atoms with E-state index in [0.29, 0.717) is 34.0 Å². The number of benzene rings is 1. The molecule has 0 radical (unpaired) electrons. The van der Waals surface area contributed by atoms with Gasteiger partial charge in [0.05, 0.1) is 16.7 Å². The number of rotatable bonds is 5. The van der Waals surface area contributed by atoms with Gasteiger partial charge in [0, 0.05) is 0 Å². The Bertz CT molecular complexity index is 442. The Morgan fingerprint density at radius 1 is 1.35 bits per heavy atom. The van der Waals surface area contributed by atoms with Crippen LogP contribution in [0.5, 0.6) is 5.75 Å². The SMILES string of the molecule is C=CCC1(COc2ccc(Cl)c(Cl)c2Cl)CO1. The molecule has 0 saturated carbocycles. The van der Waals surface area contributed by atoms with E-state index in [1.54, 1.807) is 12.1 Å². The molecule has 17 heavy (non-hydrogen) atoms. The van der Waals surface area contributed by atoms with Crippen molar-refractivity contribution in [1.29, 1.82) is 0 Å². The second-order valence-electron chi connectivity index (χ2n) is 3.93. The van der Waals surface area contributed by atoms with Gasteiger partial charge < -0.3 is 9.47 Å². The first-order valence-corrected chi connectivity index (χ1v) is 6.22. The maximum absolute atomic E-state index is 6.02. The maximum atomic E-state index is 6.02. The van der Waals surface area contributed by atoms with Crippen molar-refractivity contribution in [2.24, 2.45) is 0 Å². The fraction of sp³-hybridized carbons (Fsp3) is 0.333. The Morgan fingerprint density at radius 2 is 2.06 bits per heavy atom. The van der Waals surface area contributed by atoms with Crippen molar-refractivity contribution in [3.63, 3.8) is 0 Å². The summed E-state index contributed by atoms with van der Waals surface area (Å²) in [7, 11) is 0. The first kappa shape index (κ1) is 13.0. The molecule has 1 saturated heterocycles. The zero-order valence-electron chi connectivity index (χ0n) is 9.01. The van der Waals surface area contributed by atoms with E-state index in [4.69, 9.17) is 44.3 Å². The third-order valence-electron chi connectivity index (χ3n) is 2.56. The van der Waals surface area contributed by atoms with Crippen LogP contribution >= 0.6 is 34.8 Å². The van der Waals surface area contributed by atoms with Crippen LogP contribution in [0.3, 0.4) is 0 Å². The van der Waals surface area contributed by atoms with Crippen molar-refractivity contribution < 1.29 is 9.47 Å². The van der Waals surface area contributed by atoms with Crippen molar-refractivity contribution >= 4 is 34.8 Å². The van der Waals surface area contributed by atoms with Crippen molar-refractivity contribution in [2.45, 2.75) is 12.0 Å². The molecule has 0 N–H and O–H groups in total. The summed E-state index contributed by atoms with van der Waals surface area (Å²) in [6.45, 7) is 4.79. The summed E-state index contributed by atoms with van der Waals surface area (Å²) in [4.78, 5) is 0. The fourth-order valence-corrected chi connectivity index (χ4v) is 2.04. The van der Waals surface area contributed by atoms with Gasteiger partial charge >= 0.3 is 0 Å². The van der Waals surface area contributed by atoms with Crippen LogP contribution in [-0.4, -0.2) is 18.8 Å². The van der Waals surface area contributed by atoms with Gasteiger partial charge in [-0.25, -0.2) is 0 Å². The minimum Gasteiger partial charge on any atom is -0.489 e. The minimum atomic E-state index is -0.239. The van der Waals surface area contributed by atoms with Crippen molar-refractivity contribution in [2.75, 3.05) is 13.2 Å². The van der Waals surface area contributed by atoms with Crippen molar-refractivity contribution in [3.05, 3.63) is 39.9 Å². The maximum Gasteiger partial charge on any atom is 0.139 e. The van der Waals surface area contributed by atoms with E-state index in [2.05, 4.69) is 6.58 Å². The summed E-state index contributed by atoms with van der Waals surface area (Å²) in [6.07, 6.45) is 2.57. The first-order valence-electron chi connectivity index (χ1n) is 5.09. The number of hydrogen-bond donors (Lipinski definition) is 0. The van der Waals surface area contributed by atoms with Gasteiger partial charge in [-0.1, -0.05) is 40.9 Å². The van der Waals surface area contributed by atoms with Gasteiger partial charge in [0.1, 0.15) is 23.0 Å². The van der Waals surface area contributed by atoms with Crippen LogP contribution in [0.4, 0.5) is 0 Å². The van der Waals surface area contributed by atoms with E-state index >= 15 is 0 Å².